The molecule has 0 aromatic heterocycles. The van der Waals surface area contributed by atoms with Crippen molar-refractivity contribution in [2.45, 2.75) is 55.2 Å². The van der Waals surface area contributed by atoms with E-state index < -0.39 is 27.0 Å². The molecule has 3 atom stereocenters. The summed E-state index contributed by atoms with van der Waals surface area (Å²) in [5, 5.41) is 10.5. The van der Waals surface area contributed by atoms with E-state index in [-0.39, 0.29) is 16.2 Å². The van der Waals surface area contributed by atoms with Crippen molar-refractivity contribution in [1.82, 2.24) is 0 Å². The van der Waals surface area contributed by atoms with Gasteiger partial charge in [-0.1, -0.05) is 56.5 Å². The summed E-state index contributed by atoms with van der Waals surface area (Å²) in [6.07, 6.45) is 3.45. The van der Waals surface area contributed by atoms with Gasteiger partial charge < -0.3 is 0 Å². The lowest BCUT2D eigenvalue weighted by Crippen LogP contribution is -2.34. The summed E-state index contributed by atoms with van der Waals surface area (Å²) in [6.45, 7) is 5.91. The molecule has 0 aliphatic heterocycles. The zero-order chi connectivity index (χ0) is 17.0. The molecule has 1 aromatic rings. The Morgan fingerprint density at radius 1 is 1.26 bits per heavy atom. The number of unbranched alkanes of at least 4 members (excludes halogenated alkanes) is 2. The molecule has 23 heavy (non-hydrogen) atoms. The largest absolute Gasteiger partial charge is 0.264 e. The molecule has 126 valence electrons. The van der Waals surface area contributed by atoms with Crippen molar-refractivity contribution < 1.29 is 13.3 Å². The van der Waals surface area contributed by atoms with Crippen molar-refractivity contribution in [3.05, 3.63) is 52.6 Å². The van der Waals surface area contributed by atoms with Gasteiger partial charge in [-0.2, -0.15) is 0 Å². The Morgan fingerprint density at radius 3 is 2.48 bits per heavy atom. The molecule has 1 aliphatic rings. The SMILES string of the molecule is C=C1C[C@H]([N+](=O)[O-])[C@H](CCCCC)[C@H]1S(=O)(=O)c1ccccc1. The number of nitrogens with zero attached hydrogens (tertiary/aromatic N) is 1. The van der Waals surface area contributed by atoms with Gasteiger partial charge in [0.15, 0.2) is 9.84 Å². The third-order valence-corrected chi connectivity index (χ3v) is 6.86. The predicted octanol–water partition coefficient (Wildman–Crippen LogP) is 3.63. The normalized spacial score (nSPS) is 24.7. The molecule has 0 heterocycles. The summed E-state index contributed by atoms with van der Waals surface area (Å²) in [4.78, 5) is 11.3. The van der Waals surface area contributed by atoms with Crippen LogP contribution in [0, 0.1) is 16.0 Å². The monoisotopic (exact) mass is 337 g/mol. The van der Waals surface area contributed by atoms with Crippen molar-refractivity contribution in [3.63, 3.8) is 0 Å². The Balaban J connectivity index is 2.36. The molecule has 0 spiro atoms. The highest BCUT2D eigenvalue weighted by atomic mass is 32.2. The maximum Gasteiger partial charge on any atom is 0.221 e. The van der Waals surface area contributed by atoms with Crippen LogP contribution in [0.4, 0.5) is 0 Å². The van der Waals surface area contributed by atoms with Crippen LogP contribution in [0.2, 0.25) is 0 Å². The summed E-state index contributed by atoms with van der Waals surface area (Å²) in [5.41, 5.74) is 0.469. The highest BCUT2D eigenvalue weighted by Crippen LogP contribution is 2.41. The first kappa shape index (κ1) is 17.7. The number of hydrogen-bond donors (Lipinski definition) is 0. The van der Waals surface area contributed by atoms with Crippen molar-refractivity contribution in [3.8, 4) is 0 Å². The first-order valence-corrected chi connectivity index (χ1v) is 9.54. The number of sulfone groups is 1. The average molecular weight is 337 g/mol. The van der Waals surface area contributed by atoms with Crippen molar-refractivity contribution >= 4 is 9.84 Å². The van der Waals surface area contributed by atoms with Gasteiger partial charge in [-0.15, -0.1) is 0 Å². The second-order valence-electron chi connectivity index (χ2n) is 6.15. The Bertz CT molecular complexity index is 669. The Morgan fingerprint density at radius 2 is 1.91 bits per heavy atom. The van der Waals surface area contributed by atoms with Crippen molar-refractivity contribution in [1.29, 1.82) is 0 Å². The highest BCUT2D eigenvalue weighted by molar-refractivity contribution is 7.92. The van der Waals surface area contributed by atoms with Crippen molar-refractivity contribution in [2.24, 2.45) is 5.92 Å². The highest BCUT2D eigenvalue weighted by Gasteiger charge is 2.51. The summed E-state index contributed by atoms with van der Waals surface area (Å²) in [6, 6.07) is 7.34. The van der Waals surface area contributed by atoms with Gasteiger partial charge in [-0.25, -0.2) is 8.42 Å². The first-order valence-electron chi connectivity index (χ1n) is 7.99. The van der Waals surface area contributed by atoms with E-state index in [9.17, 15) is 18.5 Å². The molecule has 5 nitrogen and oxygen atoms in total. The van der Waals surface area contributed by atoms with Gasteiger partial charge in [0, 0.05) is 17.3 Å². The van der Waals surface area contributed by atoms with Gasteiger partial charge in [0.2, 0.25) is 6.04 Å². The van der Waals surface area contributed by atoms with E-state index in [2.05, 4.69) is 13.5 Å². The van der Waals surface area contributed by atoms with E-state index in [0.717, 1.165) is 19.3 Å². The summed E-state index contributed by atoms with van der Waals surface area (Å²) in [5.74, 6) is -0.491. The molecule has 6 heteroatoms. The van der Waals surface area contributed by atoms with Gasteiger partial charge in [0.05, 0.1) is 10.1 Å². The molecule has 1 fully saturated rings. The van der Waals surface area contributed by atoms with E-state index in [1.807, 2.05) is 0 Å². The standard InChI is InChI=1S/C17H23NO4S/c1-3-4-6-11-15-16(18(19)20)12-13(2)17(15)23(21,22)14-9-7-5-8-10-14/h5,7-10,15-17H,2-4,6,11-12H2,1H3/t15-,16-,17-/m0/s1. The lowest BCUT2D eigenvalue weighted by Gasteiger charge is -2.21. The zero-order valence-electron chi connectivity index (χ0n) is 13.3. The lowest BCUT2D eigenvalue weighted by atomic mass is 9.96. The topological polar surface area (TPSA) is 77.3 Å². The smallest absolute Gasteiger partial charge is 0.221 e. The van der Waals surface area contributed by atoms with Crippen LogP contribution in [0.3, 0.4) is 0 Å². The maximum atomic E-state index is 13.0. The second-order valence-corrected chi connectivity index (χ2v) is 8.22. The summed E-state index contributed by atoms with van der Waals surface area (Å²) >= 11 is 0. The molecule has 0 saturated heterocycles. The Kier molecular flexibility index (Phi) is 5.57. The molecule has 0 unspecified atom stereocenters. The molecule has 1 saturated carbocycles. The second kappa shape index (κ2) is 7.25. The summed E-state index contributed by atoms with van der Waals surface area (Å²) in [7, 11) is -3.64. The Labute approximate surface area is 137 Å². The van der Waals surface area contributed by atoms with E-state index in [1.54, 1.807) is 30.3 Å². The fourth-order valence-corrected chi connectivity index (χ4v) is 5.59. The van der Waals surface area contributed by atoms with Gasteiger partial charge in [-0.05, 0) is 18.6 Å². The number of rotatable bonds is 7. The van der Waals surface area contributed by atoms with Crippen molar-refractivity contribution in [2.75, 3.05) is 0 Å². The molecule has 1 aliphatic carbocycles. The van der Waals surface area contributed by atoms with Crippen LogP contribution < -0.4 is 0 Å². The molecule has 0 N–H and O–H groups in total. The van der Waals surface area contributed by atoms with E-state index in [0.29, 0.717) is 12.0 Å². The van der Waals surface area contributed by atoms with Crippen LogP contribution in [0.15, 0.2) is 47.4 Å². The minimum atomic E-state index is -3.64. The van der Waals surface area contributed by atoms with Crippen LogP contribution in [-0.4, -0.2) is 24.6 Å². The molecule has 0 radical (unpaired) electrons. The third-order valence-electron chi connectivity index (χ3n) is 4.57. The average Bonchev–Trinajstić information content (AvgIpc) is 2.86. The lowest BCUT2D eigenvalue weighted by molar-refractivity contribution is -0.528. The van der Waals surface area contributed by atoms with Crippen LogP contribution in [0.5, 0.6) is 0 Å². The minimum absolute atomic E-state index is 0.153. The minimum Gasteiger partial charge on any atom is -0.264 e. The van der Waals surface area contributed by atoms with E-state index >= 15 is 0 Å². The van der Waals surface area contributed by atoms with Gasteiger partial charge in [0.25, 0.3) is 0 Å². The number of nitro groups is 1. The van der Waals surface area contributed by atoms with Crippen LogP contribution in [0.25, 0.3) is 0 Å². The quantitative estimate of drug-likeness (QED) is 0.329. The van der Waals surface area contributed by atoms with Crippen LogP contribution in [0.1, 0.15) is 39.0 Å². The molecule has 2 rings (SSSR count). The van der Waals surface area contributed by atoms with Gasteiger partial charge in [-0.3, -0.25) is 10.1 Å². The number of hydrogen-bond acceptors (Lipinski definition) is 4. The molecule has 0 amide bonds. The Hall–Kier alpha value is -1.69. The van der Waals surface area contributed by atoms with Crippen LogP contribution >= 0.6 is 0 Å². The zero-order valence-corrected chi connectivity index (χ0v) is 14.2. The molecular weight excluding hydrogens is 314 g/mol. The van der Waals surface area contributed by atoms with Gasteiger partial charge in [0.1, 0.15) is 0 Å². The van der Waals surface area contributed by atoms with E-state index in [1.165, 1.54) is 0 Å². The molecule has 1 aromatic carbocycles. The fourth-order valence-electron chi connectivity index (χ4n) is 3.45. The van der Waals surface area contributed by atoms with E-state index in [4.69, 9.17) is 0 Å². The van der Waals surface area contributed by atoms with Gasteiger partial charge >= 0.3 is 0 Å². The third kappa shape index (κ3) is 3.63. The molecular formula is C17H23NO4S. The fraction of sp³-hybridized carbons (Fsp3) is 0.529. The molecule has 0 bridgehead atoms. The summed E-state index contributed by atoms with van der Waals surface area (Å²) < 4.78 is 25.9. The maximum absolute atomic E-state index is 13.0. The van der Waals surface area contributed by atoms with Crippen LogP contribution in [-0.2, 0) is 9.84 Å². The predicted molar refractivity (Wildman–Crippen MR) is 89.6 cm³/mol. The first-order chi connectivity index (χ1) is 10.9. The number of benzene rings is 1.